The number of hydrogen-bond donors (Lipinski definition) is 2. The zero-order valence-corrected chi connectivity index (χ0v) is 9.42. The molecule has 0 spiro atoms. The van der Waals surface area contributed by atoms with Crippen LogP contribution in [0.4, 0.5) is 0 Å². The number of allylic oxidation sites excluding steroid dienone is 1. The normalized spacial score (nSPS) is 21.1. The third kappa shape index (κ3) is 2.18. The van der Waals surface area contributed by atoms with Crippen molar-refractivity contribution in [3.8, 4) is 0 Å². The molecule has 0 fully saturated rings. The third-order valence-corrected chi connectivity index (χ3v) is 2.91. The molecule has 2 nitrogen and oxygen atoms in total. The van der Waals surface area contributed by atoms with Crippen molar-refractivity contribution in [1.82, 2.24) is 10.6 Å². The molecule has 2 unspecified atom stereocenters. The van der Waals surface area contributed by atoms with Crippen LogP contribution >= 0.6 is 12.2 Å². The Morgan fingerprint density at radius 1 is 1.33 bits per heavy atom. The summed E-state index contributed by atoms with van der Waals surface area (Å²) in [6, 6.07) is 10.4. The van der Waals surface area contributed by atoms with Gasteiger partial charge in [0.1, 0.15) is 6.17 Å². The van der Waals surface area contributed by atoms with E-state index in [1.807, 2.05) is 12.3 Å². The van der Waals surface area contributed by atoms with Crippen LogP contribution in [0.25, 0.3) is 0 Å². The van der Waals surface area contributed by atoms with Gasteiger partial charge in [0.05, 0.1) is 0 Å². The maximum absolute atomic E-state index is 4.88. The molecule has 0 radical (unpaired) electrons. The lowest BCUT2D eigenvalue weighted by molar-refractivity contribution is 0.688. The summed E-state index contributed by atoms with van der Waals surface area (Å²) in [4.78, 5) is 0. The molecule has 0 amide bonds. The van der Waals surface area contributed by atoms with Crippen molar-refractivity contribution in [3.63, 3.8) is 0 Å². The van der Waals surface area contributed by atoms with E-state index in [0.717, 1.165) is 0 Å². The SMILES string of the molecule is CC(C1=CNC(C=S)N1)c1ccccc1. The quantitative estimate of drug-likeness (QED) is 0.760. The molecule has 0 aromatic heterocycles. The van der Waals surface area contributed by atoms with Gasteiger partial charge >= 0.3 is 0 Å². The summed E-state index contributed by atoms with van der Waals surface area (Å²) in [6.07, 6.45) is 2.10. The Hall–Kier alpha value is -1.35. The second kappa shape index (κ2) is 4.45. The van der Waals surface area contributed by atoms with Crippen LogP contribution in [0.3, 0.4) is 0 Å². The minimum Gasteiger partial charge on any atom is -0.366 e. The summed E-state index contributed by atoms with van der Waals surface area (Å²) in [5.74, 6) is 0.374. The summed E-state index contributed by atoms with van der Waals surface area (Å²) in [6.45, 7) is 2.18. The Morgan fingerprint density at radius 3 is 2.67 bits per heavy atom. The van der Waals surface area contributed by atoms with Gasteiger partial charge in [-0.3, -0.25) is 0 Å². The number of thiocarbonyl (C=S) groups is 1. The highest BCUT2D eigenvalue weighted by molar-refractivity contribution is 7.79. The summed E-state index contributed by atoms with van der Waals surface area (Å²) in [5, 5.41) is 8.20. The number of benzene rings is 1. The molecule has 1 aromatic carbocycles. The number of rotatable bonds is 3. The van der Waals surface area contributed by atoms with Gasteiger partial charge in [0.2, 0.25) is 0 Å². The van der Waals surface area contributed by atoms with Gasteiger partial charge in [-0.2, -0.15) is 0 Å². The molecular weight excluding hydrogens is 204 g/mol. The largest absolute Gasteiger partial charge is 0.366 e. The fourth-order valence-electron chi connectivity index (χ4n) is 1.69. The summed E-state index contributed by atoms with van der Waals surface area (Å²) >= 11 is 4.88. The summed E-state index contributed by atoms with van der Waals surface area (Å²) in [5.41, 5.74) is 2.50. The van der Waals surface area contributed by atoms with E-state index < -0.39 is 0 Å². The van der Waals surface area contributed by atoms with Crippen LogP contribution in [0, 0.1) is 0 Å². The predicted octanol–water partition coefficient (Wildman–Crippen LogP) is 2.15. The van der Waals surface area contributed by atoms with Crippen molar-refractivity contribution in [2.75, 3.05) is 0 Å². The zero-order chi connectivity index (χ0) is 10.7. The molecule has 2 rings (SSSR count). The first-order chi connectivity index (χ1) is 7.31. The van der Waals surface area contributed by atoms with E-state index in [1.165, 1.54) is 11.3 Å². The first-order valence-electron chi connectivity index (χ1n) is 5.04. The van der Waals surface area contributed by atoms with Crippen molar-refractivity contribution >= 4 is 17.6 Å². The fourth-order valence-corrected chi connectivity index (χ4v) is 1.83. The smallest absolute Gasteiger partial charge is 0.126 e. The Morgan fingerprint density at radius 2 is 2.07 bits per heavy atom. The first kappa shape index (κ1) is 10.2. The van der Waals surface area contributed by atoms with Gasteiger partial charge < -0.3 is 10.6 Å². The lowest BCUT2D eigenvalue weighted by Gasteiger charge is -2.15. The van der Waals surface area contributed by atoms with Crippen molar-refractivity contribution in [1.29, 1.82) is 0 Å². The molecule has 0 saturated carbocycles. The van der Waals surface area contributed by atoms with Gasteiger partial charge in [0, 0.05) is 23.2 Å². The lowest BCUT2D eigenvalue weighted by atomic mass is 9.98. The van der Waals surface area contributed by atoms with Gasteiger partial charge in [0.25, 0.3) is 0 Å². The topological polar surface area (TPSA) is 24.1 Å². The van der Waals surface area contributed by atoms with Gasteiger partial charge in [-0.05, 0) is 5.56 Å². The molecule has 0 saturated heterocycles. The fraction of sp³-hybridized carbons (Fsp3) is 0.250. The van der Waals surface area contributed by atoms with Crippen molar-refractivity contribution in [2.24, 2.45) is 0 Å². The monoisotopic (exact) mass is 218 g/mol. The summed E-state index contributed by atoms with van der Waals surface area (Å²) in [7, 11) is 0. The van der Waals surface area contributed by atoms with Crippen molar-refractivity contribution in [3.05, 3.63) is 47.8 Å². The second-order valence-corrected chi connectivity index (χ2v) is 3.93. The van der Waals surface area contributed by atoms with Crippen LogP contribution in [0.2, 0.25) is 0 Å². The van der Waals surface area contributed by atoms with Gasteiger partial charge in [-0.15, -0.1) is 0 Å². The maximum atomic E-state index is 4.88. The molecule has 1 aromatic rings. The highest BCUT2D eigenvalue weighted by Gasteiger charge is 2.18. The molecule has 15 heavy (non-hydrogen) atoms. The number of nitrogens with one attached hydrogen (secondary N) is 2. The standard InChI is InChI=1S/C12H14N2S/c1-9(10-5-3-2-4-6-10)11-7-13-12(8-15)14-11/h2-9,12-14H,1H3. The molecule has 78 valence electrons. The Labute approximate surface area is 95.4 Å². The zero-order valence-electron chi connectivity index (χ0n) is 8.60. The van der Waals surface area contributed by atoms with Crippen LogP contribution in [0.15, 0.2) is 42.2 Å². The molecule has 0 bridgehead atoms. The van der Waals surface area contributed by atoms with E-state index in [9.17, 15) is 0 Å². The van der Waals surface area contributed by atoms with Gasteiger partial charge in [-0.1, -0.05) is 49.5 Å². The molecule has 3 heteroatoms. The van der Waals surface area contributed by atoms with Crippen LogP contribution in [0.5, 0.6) is 0 Å². The lowest BCUT2D eigenvalue weighted by Crippen LogP contribution is -2.33. The minimum atomic E-state index is 0.0983. The van der Waals surface area contributed by atoms with E-state index in [1.54, 1.807) is 5.37 Å². The average molecular weight is 218 g/mol. The Kier molecular flexibility index (Phi) is 3.02. The minimum absolute atomic E-state index is 0.0983. The van der Waals surface area contributed by atoms with Gasteiger partial charge in [-0.25, -0.2) is 0 Å². The van der Waals surface area contributed by atoms with E-state index in [4.69, 9.17) is 12.2 Å². The molecule has 1 aliphatic heterocycles. The molecule has 2 N–H and O–H groups in total. The van der Waals surface area contributed by atoms with E-state index in [0.29, 0.717) is 5.92 Å². The van der Waals surface area contributed by atoms with Crippen molar-refractivity contribution < 1.29 is 0 Å². The van der Waals surface area contributed by atoms with Gasteiger partial charge in [0.15, 0.2) is 0 Å². The number of hydrogen-bond acceptors (Lipinski definition) is 3. The van der Waals surface area contributed by atoms with E-state index in [2.05, 4.69) is 41.8 Å². The first-order valence-corrected chi connectivity index (χ1v) is 5.51. The highest BCUT2D eigenvalue weighted by Crippen LogP contribution is 2.22. The molecule has 1 heterocycles. The van der Waals surface area contributed by atoms with Crippen LogP contribution in [-0.2, 0) is 0 Å². The highest BCUT2D eigenvalue weighted by atomic mass is 32.1. The molecule has 1 aliphatic rings. The third-order valence-electron chi connectivity index (χ3n) is 2.64. The Bertz CT molecular complexity index is 372. The predicted molar refractivity (Wildman–Crippen MR) is 66.7 cm³/mol. The maximum Gasteiger partial charge on any atom is 0.126 e. The van der Waals surface area contributed by atoms with E-state index in [-0.39, 0.29) is 6.17 Å². The van der Waals surface area contributed by atoms with Crippen LogP contribution in [-0.4, -0.2) is 11.5 Å². The van der Waals surface area contributed by atoms with Crippen molar-refractivity contribution in [2.45, 2.75) is 19.0 Å². The summed E-state index contributed by atoms with van der Waals surface area (Å²) < 4.78 is 0. The Balaban J connectivity index is 2.10. The second-order valence-electron chi connectivity index (χ2n) is 3.66. The van der Waals surface area contributed by atoms with Crippen LogP contribution in [0.1, 0.15) is 18.4 Å². The molecule has 0 aliphatic carbocycles. The average Bonchev–Trinajstić information content (AvgIpc) is 2.78. The van der Waals surface area contributed by atoms with Crippen LogP contribution < -0.4 is 10.6 Å². The molecule has 2 atom stereocenters. The van der Waals surface area contributed by atoms with E-state index >= 15 is 0 Å². The molecular formula is C12H14N2S.